The molecule has 0 spiro atoms. The van der Waals surface area contributed by atoms with Crippen molar-refractivity contribution in [2.45, 2.75) is 40.3 Å². The van der Waals surface area contributed by atoms with Crippen molar-refractivity contribution in [2.24, 2.45) is 0 Å². The Hall–Kier alpha value is -3.15. The summed E-state index contributed by atoms with van der Waals surface area (Å²) in [6, 6.07) is 15.4. The van der Waals surface area contributed by atoms with Gasteiger partial charge < -0.3 is 14.7 Å². The lowest BCUT2D eigenvalue weighted by molar-refractivity contribution is 0.182. The molecule has 0 atom stereocenters. The summed E-state index contributed by atoms with van der Waals surface area (Å²) in [5.74, 6) is 0.923. The minimum Gasteiger partial charge on any atom is -0.337 e. The number of aryl methyl sites for hydroxylation is 2. The number of benzene rings is 2. The van der Waals surface area contributed by atoms with Crippen molar-refractivity contribution in [3.8, 4) is 11.4 Å². The Balaban J connectivity index is 1.74. The van der Waals surface area contributed by atoms with Gasteiger partial charge in [-0.2, -0.15) is 4.98 Å². The molecule has 0 aliphatic carbocycles. The van der Waals surface area contributed by atoms with Crippen molar-refractivity contribution in [3.63, 3.8) is 0 Å². The second kappa shape index (κ2) is 8.03. The number of carbonyl (C=O) groups is 1. The van der Waals surface area contributed by atoms with Gasteiger partial charge in [0.25, 0.3) is 0 Å². The van der Waals surface area contributed by atoms with E-state index in [0.717, 1.165) is 16.8 Å². The van der Waals surface area contributed by atoms with Gasteiger partial charge in [0.2, 0.25) is 11.7 Å². The maximum atomic E-state index is 12.7. The first kappa shape index (κ1) is 18.6. The van der Waals surface area contributed by atoms with Crippen LogP contribution in [0.15, 0.2) is 53.1 Å². The summed E-state index contributed by atoms with van der Waals surface area (Å²) >= 11 is 0. The summed E-state index contributed by atoms with van der Waals surface area (Å²) in [7, 11) is 0. The third-order valence-corrected chi connectivity index (χ3v) is 4.35. The summed E-state index contributed by atoms with van der Waals surface area (Å²) in [5, 5.41) is 7.00. The molecule has 6 heteroatoms. The average Bonchev–Trinajstić information content (AvgIpc) is 3.10. The van der Waals surface area contributed by atoms with Crippen LogP contribution in [-0.2, 0) is 6.54 Å². The van der Waals surface area contributed by atoms with Crippen LogP contribution in [0.2, 0.25) is 0 Å². The van der Waals surface area contributed by atoms with E-state index in [1.165, 1.54) is 5.56 Å². The van der Waals surface area contributed by atoms with Gasteiger partial charge in [-0.25, -0.2) is 4.79 Å². The molecule has 2 amide bonds. The number of nitrogens with zero attached hydrogens (tertiary/aromatic N) is 3. The normalized spacial score (nSPS) is 10.9. The van der Waals surface area contributed by atoms with Crippen molar-refractivity contribution in [3.05, 3.63) is 65.5 Å². The number of carbonyl (C=O) groups excluding carboxylic acids is 1. The number of para-hydroxylation sites is 1. The largest absolute Gasteiger partial charge is 0.337 e. The minimum atomic E-state index is -0.200. The zero-order chi connectivity index (χ0) is 19.4. The molecule has 0 fully saturated rings. The predicted octanol–water partition coefficient (Wildman–Crippen LogP) is 4.80. The number of rotatable bonds is 5. The van der Waals surface area contributed by atoms with Crippen LogP contribution in [0.3, 0.4) is 0 Å². The molecule has 6 nitrogen and oxygen atoms in total. The summed E-state index contributed by atoms with van der Waals surface area (Å²) in [6.07, 6.45) is 0. The third-order valence-electron chi connectivity index (χ3n) is 4.35. The number of amides is 2. The van der Waals surface area contributed by atoms with E-state index in [-0.39, 0.29) is 18.6 Å². The number of anilines is 1. The molecule has 0 aliphatic heterocycles. The van der Waals surface area contributed by atoms with E-state index in [1.54, 1.807) is 4.90 Å². The number of hydrogen-bond donors (Lipinski definition) is 1. The average molecular weight is 364 g/mol. The van der Waals surface area contributed by atoms with Gasteiger partial charge in [-0.3, -0.25) is 0 Å². The number of aromatic nitrogens is 2. The highest BCUT2D eigenvalue weighted by Crippen LogP contribution is 2.19. The van der Waals surface area contributed by atoms with Crippen molar-refractivity contribution in [1.82, 2.24) is 15.0 Å². The topological polar surface area (TPSA) is 71.3 Å². The molecule has 0 radical (unpaired) electrons. The molecule has 0 bridgehead atoms. The van der Waals surface area contributed by atoms with Gasteiger partial charge in [0, 0.05) is 17.3 Å². The molecule has 3 rings (SSSR count). The molecule has 3 aromatic rings. The fraction of sp³-hybridized carbons (Fsp3) is 0.286. The number of hydrogen-bond acceptors (Lipinski definition) is 4. The van der Waals surface area contributed by atoms with Crippen molar-refractivity contribution in [1.29, 1.82) is 0 Å². The maximum absolute atomic E-state index is 12.7. The first-order chi connectivity index (χ1) is 12.9. The third kappa shape index (κ3) is 4.53. The van der Waals surface area contributed by atoms with Crippen LogP contribution in [0, 0.1) is 13.8 Å². The first-order valence-electron chi connectivity index (χ1n) is 8.97. The van der Waals surface area contributed by atoms with E-state index in [2.05, 4.69) is 15.5 Å². The molecule has 0 saturated heterocycles. The van der Waals surface area contributed by atoms with Crippen LogP contribution in [0.1, 0.15) is 30.9 Å². The number of nitrogens with one attached hydrogen (secondary N) is 1. The van der Waals surface area contributed by atoms with Crippen molar-refractivity contribution in [2.75, 3.05) is 5.32 Å². The van der Waals surface area contributed by atoms with E-state index in [0.29, 0.717) is 11.7 Å². The SMILES string of the molecule is Cc1ccc(-c2noc(CN(C(=O)Nc3ccccc3C)C(C)C)n2)cc1. The highest BCUT2D eigenvalue weighted by atomic mass is 16.5. The monoisotopic (exact) mass is 364 g/mol. The lowest BCUT2D eigenvalue weighted by Gasteiger charge is -2.25. The van der Waals surface area contributed by atoms with Gasteiger partial charge in [-0.1, -0.05) is 53.2 Å². The first-order valence-corrected chi connectivity index (χ1v) is 8.97. The molecule has 140 valence electrons. The van der Waals surface area contributed by atoms with Crippen LogP contribution in [-0.4, -0.2) is 27.1 Å². The lowest BCUT2D eigenvalue weighted by Crippen LogP contribution is -2.39. The molecular weight excluding hydrogens is 340 g/mol. The van der Waals surface area contributed by atoms with Gasteiger partial charge >= 0.3 is 6.03 Å². The summed E-state index contributed by atoms with van der Waals surface area (Å²) < 4.78 is 5.37. The Morgan fingerprint density at radius 3 is 2.48 bits per heavy atom. The van der Waals surface area contributed by atoms with Gasteiger partial charge in [-0.15, -0.1) is 0 Å². The van der Waals surface area contributed by atoms with Gasteiger partial charge in [0.1, 0.15) is 6.54 Å². The van der Waals surface area contributed by atoms with Crippen LogP contribution in [0.25, 0.3) is 11.4 Å². The molecule has 1 heterocycles. The summed E-state index contributed by atoms with van der Waals surface area (Å²) in [5.41, 5.74) is 3.85. The highest BCUT2D eigenvalue weighted by molar-refractivity contribution is 5.90. The van der Waals surface area contributed by atoms with E-state index < -0.39 is 0 Å². The highest BCUT2D eigenvalue weighted by Gasteiger charge is 2.21. The molecular formula is C21H24N4O2. The fourth-order valence-electron chi connectivity index (χ4n) is 2.67. The quantitative estimate of drug-likeness (QED) is 0.706. The zero-order valence-corrected chi connectivity index (χ0v) is 16.1. The van der Waals surface area contributed by atoms with Crippen LogP contribution < -0.4 is 5.32 Å². The Morgan fingerprint density at radius 1 is 1.11 bits per heavy atom. The van der Waals surface area contributed by atoms with E-state index in [1.807, 2.05) is 76.2 Å². The Morgan fingerprint density at radius 2 is 1.81 bits per heavy atom. The Kier molecular flexibility index (Phi) is 5.54. The van der Waals surface area contributed by atoms with Crippen molar-refractivity contribution < 1.29 is 9.32 Å². The van der Waals surface area contributed by atoms with Crippen LogP contribution in [0.4, 0.5) is 10.5 Å². The summed E-state index contributed by atoms with van der Waals surface area (Å²) in [6.45, 7) is 8.14. The predicted molar refractivity (Wildman–Crippen MR) is 105 cm³/mol. The molecule has 0 saturated carbocycles. The molecule has 0 unspecified atom stereocenters. The van der Waals surface area contributed by atoms with E-state index >= 15 is 0 Å². The second-order valence-electron chi connectivity index (χ2n) is 6.84. The van der Waals surface area contributed by atoms with Gasteiger partial charge in [0.15, 0.2) is 0 Å². The van der Waals surface area contributed by atoms with E-state index in [9.17, 15) is 4.79 Å². The minimum absolute atomic E-state index is 0.0243. The molecule has 1 aromatic heterocycles. The van der Waals surface area contributed by atoms with E-state index in [4.69, 9.17) is 4.52 Å². The molecule has 1 N–H and O–H groups in total. The number of urea groups is 1. The van der Waals surface area contributed by atoms with Crippen LogP contribution in [0.5, 0.6) is 0 Å². The van der Waals surface area contributed by atoms with Crippen LogP contribution >= 0.6 is 0 Å². The maximum Gasteiger partial charge on any atom is 0.322 e. The smallest absolute Gasteiger partial charge is 0.322 e. The van der Waals surface area contributed by atoms with Gasteiger partial charge in [0.05, 0.1) is 0 Å². The zero-order valence-electron chi connectivity index (χ0n) is 16.1. The summed E-state index contributed by atoms with van der Waals surface area (Å²) in [4.78, 5) is 18.9. The Labute approximate surface area is 159 Å². The lowest BCUT2D eigenvalue weighted by atomic mass is 10.1. The fourth-order valence-corrected chi connectivity index (χ4v) is 2.67. The molecule has 2 aromatic carbocycles. The van der Waals surface area contributed by atoms with Crippen molar-refractivity contribution >= 4 is 11.7 Å². The van der Waals surface area contributed by atoms with Gasteiger partial charge in [-0.05, 0) is 39.3 Å². The Bertz CT molecular complexity index is 916. The molecule has 27 heavy (non-hydrogen) atoms. The standard InChI is InChI=1S/C21H24N4O2/c1-14(2)25(21(26)22-18-8-6-5-7-16(18)4)13-19-23-20(24-27-19)17-11-9-15(3)10-12-17/h5-12,14H,13H2,1-4H3,(H,22,26). The molecule has 0 aliphatic rings. The second-order valence-corrected chi connectivity index (χ2v) is 6.84.